The predicted octanol–water partition coefficient (Wildman–Crippen LogP) is 3.64. The Labute approximate surface area is 77.4 Å². The maximum absolute atomic E-state index is 13.1. The minimum atomic E-state index is -0.204. The second-order valence-electron chi connectivity index (χ2n) is 2.68. The number of rotatable bonds is 3. The summed E-state index contributed by atoms with van der Waals surface area (Å²) in [5.41, 5.74) is 0.734. The van der Waals surface area contributed by atoms with Gasteiger partial charge in [-0.3, -0.25) is 0 Å². The van der Waals surface area contributed by atoms with Gasteiger partial charge in [0.2, 0.25) is 0 Å². The van der Waals surface area contributed by atoms with Crippen molar-refractivity contribution in [3.05, 3.63) is 41.0 Å². The summed E-state index contributed by atoms with van der Waals surface area (Å²) in [5.74, 6) is -0.204. The predicted molar refractivity (Wildman–Crippen MR) is 49.7 cm³/mol. The fourth-order valence-corrected chi connectivity index (χ4v) is 1.18. The topological polar surface area (TPSA) is 0 Å². The second kappa shape index (κ2) is 4.46. The first-order valence-corrected chi connectivity index (χ1v) is 4.33. The number of unbranched alkanes of at least 4 members (excludes halogenated alkanes) is 1. The van der Waals surface area contributed by atoms with E-state index in [0.717, 1.165) is 18.4 Å². The molecule has 1 aromatic carbocycles. The van der Waals surface area contributed by atoms with Crippen LogP contribution in [0.1, 0.15) is 18.9 Å². The largest absolute Gasteiger partial charge is 0.207 e. The molecule has 0 aliphatic rings. The smallest absolute Gasteiger partial charge is 0.127 e. The van der Waals surface area contributed by atoms with Crippen molar-refractivity contribution in [1.82, 2.24) is 0 Å². The van der Waals surface area contributed by atoms with Gasteiger partial charge in [0.25, 0.3) is 0 Å². The highest BCUT2D eigenvalue weighted by Crippen LogP contribution is 2.15. The van der Waals surface area contributed by atoms with E-state index in [4.69, 9.17) is 11.6 Å². The Bertz CT molecular complexity index is 258. The van der Waals surface area contributed by atoms with Gasteiger partial charge in [-0.1, -0.05) is 24.6 Å². The first kappa shape index (κ1) is 9.53. The number of aryl methyl sites for hydroxylation is 1. The Morgan fingerprint density at radius 2 is 2.25 bits per heavy atom. The Balaban J connectivity index is 2.72. The van der Waals surface area contributed by atoms with Crippen molar-refractivity contribution in [2.24, 2.45) is 0 Å². The average Bonchev–Trinajstić information content (AvgIpc) is 2.03. The zero-order valence-corrected chi connectivity index (χ0v) is 7.74. The van der Waals surface area contributed by atoms with E-state index in [9.17, 15) is 4.39 Å². The van der Waals surface area contributed by atoms with Gasteiger partial charge in [-0.15, -0.1) is 0 Å². The summed E-state index contributed by atoms with van der Waals surface area (Å²) in [7, 11) is 0. The van der Waals surface area contributed by atoms with E-state index in [1.807, 2.05) is 13.3 Å². The molecule has 1 aromatic rings. The van der Waals surface area contributed by atoms with Gasteiger partial charge < -0.3 is 0 Å². The zero-order chi connectivity index (χ0) is 8.97. The van der Waals surface area contributed by atoms with Gasteiger partial charge in [0.05, 0.1) is 0 Å². The van der Waals surface area contributed by atoms with Crippen molar-refractivity contribution in [1.29, 1.82) is 0 Å². The van der Waals surface area contributed by atoms with Crippen LogP contribution >= 0.6 is 11.6 Å². The van der Waals surface area contributed by atoms with Gasteiger partial charge >= 0.3 is 0 Å². The van der Waals surface area contributed by atoms with E-state index >= 15 is 0 Å². The van der Waals surface area contributed by atoms with Crippen LogP contribution in [-0.4, -0.2) is 0 Å². The normalized spacial score (nSPS) is 10.2. The van der Waals surface area contributed by atoms with E-state index in [1.165, 1.54) is 6.07 Å². The highest BCUT2D eigenvalue weighted by atomic mass is 35.5. The molecule has 0 aliphatic carbocycles. The third kappa shape index (κ3) is 2.49. The molecule has 1 rings (SSSR count). The van der Waals surface area contributed by atoms with Gasteiger partial charge in [0, 0.05) is 5.02 Å². The Morgan fingerprint density at radius 3 is 2.83 bits per heavy atom. The summed E-state index contributed by atoms with van der Waals surface area (Å²) in [6, 6.07) is 4.81. The van der Waals surface area contributed by atoms with Crippen LogP contribution in [0.3, 0.4) is 0 Å². The maximum atomic E-state index is 13.1. The summed E-state index contributed by atoms with van der Waals surface area (Å²) in [6.07, 6.45) is 3.67. The molecular formula is C10H11ClF. The molecule has 0 N–H and O–H groups in total. The standard InChI is InChI=1S/C10H11ClF/c1-2-3-4-8-5-6-9(11)7-10(8)12/h2,5-7H,3-4H2,1H3. The molecule has 0 aromatic heterocycles. The molecule has 0 atom stereocenters. The van der Waals surface area contributed by atoms with Gasteiger partial charge in [-0.05, 0) is 37.0 Å². The van der Waals surface area contributed by atoms with Crippen molar-refractivity contribution in [2.75, 3.05) is 0 Å². The summed E-state index contributed by atoms with van der Waals surface area (Å²) >= 11 is 5.60. The van der Waals surface area contributed by atoms with Gasteiger partial charge in [-0.25, -0.2) is 4.39 Å². The third-order valence-corrected chi connectivity index (χ3v) is 1.95. The molecule has 0 aliphatic heterocycles. The summed E-state index contributed by atoms with van der Waals surface area (Å²) < 4.78 is 13.1. The number of hydrogen-bond acceptors (Lipinski definition) is 0. The molecule has 0 heterocycles. The van der Waals surface area contributed by atoms with E-state index in [1.54, 1.807) is 12.1 Å². The highest BCUT2D eigenvalue weighted by molar-refractivity contribution is 6.30. The quantitative estimate of drug-likeness (QED) is 0.675. The average molecular weight is 186 g/mol. The maximum Gasteiger partial charge on any atom is 0.127 e. The second-order valence-corrected chi connectivity index (χ2v) is 3.12. The summed E-state index contributed by atoms with van der Waals surface area (Å²) in [5, 5.41) is 0.455. The van der Waals surface area contributed by atoms with Crippen molar-refractivity contribution >= 4 is 11.6 Å². The molecule has 0 bridgehead atoms. The van der Waals surface area contributed by atoms with Crippen LogP contribution in [0.15, 0.2) is 18.2 Å². The minimum Gasteiger partial charge on any atom is -0.207 e. The van der Waals surface area contributed by atoms with Crippen LogP contribution in [-0.2, 0) is 6.42 Å². The Kier molecular flexibility index (Phi) is 3.54. The van der Waals surface area contributed by atoms with Crippen LogP contribution in [0, 0.1) is 12.2 Å². The van der Waals surface area contributed by atoms with Crippen LogP contribution < -0.4 is 0 Å². The highest BCUT2D eigenvalue weighted by Gasteiger charge is 2.01. The van der Waals surface area contributed by atoms with Crippen molar-refractivity contribution in [3.63, 3.8) is 0 Å². The molecule has 0 spiro atoms. The number of halogens is 2. The lowest BCUT2D eigenvalue weighted by molar-refractivity contribution is 0.608. The van der Waals surface area contributed by atoms with Crippen molar-refractivity contribution in [2.45, 2.75) is 19.8 Å². The molecule has 65 valence electrons. The van der Waals surface area contributed by atoms with Crippen LogP contribution in [0.25, 0.3) is 0 Å². The van der Waals surface area contributed by atoms with Crippen LogP contribution in [0.4, 0.5) is 4.39 Å². The molecule has 0 nitrogen and oxygen atoms in total. The van der Waals surface area contributed by atoms with Gasteiger partial charge in [-0.2, -0.15) is 0 Å². The molecule has 12 heavy (non-hydrogen) atoms. The van der Waals surface area contributed by atoms with E-state index < -0.39 is 0 Å². The first-order chi connectivity index (χ1) is 5.74. The lowest BCUT2D eigenvalue weighted by Crippen LogP contribution is -1.89. The molecular weight excluding hydrogens is 175 g/mol. The summed E-state index contributed by atoms with van der Waals surface area (Å²) in [4.78, 5) is 0. The molecule has 0 saturated heterocycles. The number of hydrogen-bond donors (Lipinski definition) is 0. The third-order valence-electron chi connectivity index (χ3n) is 1.72. The lowest BCUT2D eigenvalue weighted by atomic mass is 10.1. The Morgan fingerprint density at radius 1 is 1.50 bits per heavy atom. The fraction of sp³-hybridized carbons (Fsp3) is 0.300. The van der Waals surface area contributed by atoms with E-state index in [0.29, 0.717) is 5.02 Å². The first-order valence-electron chi connectivity index (χ1n) is 3.96. The number of benzene rings is 1. The van der Waals surface area contributed by atoms with Crippen LogP contribution in [0.2, 0.25) is 5.02 Å². The summed E-state index contributed by atoms with van der Waals surface area (Å²) in [6.45, 7) is 1.97. The minimum absolute atomic E-state index is 0.204. The zero-order valence-electron chi connectivity index (χ0n) is 6.98. The van der Waals surface area contributed by atoms with E-state index in [2.05, 4.69) is 0 Å². The lowest BCUT2D eigenvalue weighted by Gasteiger charge is -2.01. The van der Waals surface area contributed by atoms with Crippen molar-refractivity contribution < 1.29 is 4.39 Å². The SMILES string of the molecule is C[CH]CCc1ccc(Cl)cc1F. The van der Waals surface area contributed by atoms with Crippen LogP contribution in [0.5, 0.6) is 0 Å². The molecule has 0 fully saturated rings. The monoisotopic (exact) mass is 185 g/mol. The fourth-order valence-electron chi connectivity index (χ4n) is 1.02. The molecule has 0 amide bonds. The van der Waals surface area contributed by atoms with Gasteiger partial charge in [0.15, 0.2) is 0 Å². The van der Waals surface area contributed by atoms with Crippen molar-refractivity contribution in [3.8, 4) is 0 Å². The van der Waals surface area contributed by atoms with Gasteiger partial charge in [0.1, 0.15) is 5.82 Å². The molecule has 1 radical (unpaired) electrons. The molecule has 2 heteroatoms. The van der Waals surface area contributed by atoms with E-state index in [-0.39, 0.29) is 5.82 Å². The molecule has 0 unspecified atom stereocenters. The Hall–Kier alpha value is -0.560. The molecule has 0 saturated carbocycles.